The Hall–Kier alpha value is -0.760. The number of furan rings is 1. The molecular formula is C8H8OS. The summed E-state index contributed by atoms with van der Waals surface area (Å²) in [5, 5.41) is 2.05. The minimum atomic E-state index is 0.988. The molecule has 0 saturated heterocycles. The highest BCUT2D eigenvalue weighted by Crippen LogP contribution is 2.24. The monoisotopic (exact) mass is 152 g/mol. The lowest BCUT2D eigenvalue weighted by atomic mass is 10.4. The Labute approximate surface area is 63.3 Å². The average Bonchev–Trinajstić information content (AvgIpc) is 2.42. The zero-order valence-electron chi connectivity index (χ0n) is 5.76. The molecule has 10 heavy (non-hydrogen) atoms. The van der Waals surface area contributed by atoms with Gasteiger partial charge in [0, 0.05) is 6.42 Å². The Balaban J connectivity index is 2.67. The molecule has 0 aliphatic heterocycles. The van der Waals surface area contributed by atoms with Crippen LogP contribution in [0.4, 0.5) is 0 Å². The number of thiophene rings is 1. The summed E-state index contributed by atoms with van der Waals surface area (Å²) in [6, 6.07) is 4.12. The van der Waals surface area contributed by atoms with Crippen LogP contribution in [0.1, 0.15) is 12.7 Å². The van der Waals surface area contributed by atoms with Gasteiger partial charge in [-0.05, 0) is 17.5 Å². The first-order valence-corrected chi connectivity index (χ1v) is 4.24. The predicted molar refractivity (Wildman–Crippen MR) is 43.5 cm³/mol. The van der Waals surface area contributed by atoms with Crippen LogP contribution in [-0.4, -0.2) is 0 Å². The van der Waals surface area contributed by atoms with Crippen LogP contribution in [0, 0.1) is 0 Å². The van der Waals surface area contributed by atoms with Gasteiger partial charge in [-0.3, -0.25) is 0 Å². The van der Waals surface area contributed by atoms with E-state index in [-0.39, 0.29) is 0 Å². The maximum Gasteiger partial charge on any atom is 0.145 e. The van der Waals surface area contributed by atoms with Gasteiger partial charge in [-0.25, -0.2) is 0 Å². The second-order valence-corrected chi connectivity index (χ2v) is 3.16. The molecule has 2 aromatic heterocycles. The van der Waals surface area contributed by atoms with E-state index in [1.165, 1.54) is 4.70 Å². The van der Waals surface area contributed by atoms with Crippen LogP contribution < -0.4 is 0 Å². The first-order chi connectivity index (χ1) is 4.90. The standard InChI is InChI=1S/C8H8OS/c1-2-6-5-8-7(9-6)3-4-10-8/h3-5H,2H2,1H3. The van der Waals surface area contributed by atoms with E-state index < -0.39 is 0 Å². The van der Waals surface area contributed by atoms with Crippen molar-refractivity contribution in [3.63, 3.8) is 0 Å². The van der Waals surface area contributed by atoms with Gasteiger partial charge in [0.15, 0.2) is 0 Å². The molecule has 0 fully saturated rings. The highest BCUT2D eigenvalue weighted by atomic mass is 32.1. The van der Waals surface area contributed by atoms with Crippen molar-refractivity contribution in [3.8, 4) is 0 Å². The smallest absolute Gasteiger partial charge is 0.145 e. The lowest BCUT2D eigenvalue weighted by molar-refractivity contribution is 0.557. The molecule has 0 radical (unpaired) electrons. The minimum absolute atomic E-state index is 0.988. The molecule has 0 saturated carbocycles. The summed E-state index contributed by atoms with van der Waals surface area (Å²) in [6.45, 7) is 2.10. The molecule has 2 heteroatoms. The van der Waals surface area contributed by atoms with E-state index in [2.05, 4.69) is 13.0 Å². The summed E-state index contributed by atoms with van der Waals surface area (Å²) in [5.41, 5.74) is 1.03. The average molecular weight is 152 g/mol. The zero-order chi connectivity index (χ0) is 6.97. The Morgan fingerprint density at radius 1 is 1.60 bits per heavy atom. The molecule has 0 aliphatic rings. The fourth-order valence-electron chi connectivity index (χ4n) is 0.990. The van der Waals surface area contributed by atoms with E-state index in [4.69, 9.17) is 4.42 Å². The Bertz CT molecular complexity index is 303. The van der Waals surface area contributed by atoms with Crippen molar-refractivity contribution >= 4 is 21.6 Å². The Morgan fingerprint density at radius 3 is 3.20 bits per heavy atom. The lowest BCUT2D eigenvalue weighted by Crippen LogP contribution is -1.67. The molecule has 0 aliphatic carbocycles. The fourth-order valence-corrected chi connectivity index (χ4v) is 1.75. The number of rotatable bonds is 1. The van der Waals surface area contributed by atoms with Crippen molar-refractivity contribution in [2.75, 3.05) is 0 Å². The Morgan fingerprint density at radius 2 is 2.50 bits per heavy atom. The maximum absolute atomic E-state index is 5.47. The van der Waals surface area contributed by atoms with Crippen LogP contribution in [0.15, 0.2) is 21.9 Å². The molecule has 0 unspecified atom stereocenters. The first-order valence-electron chi connectivity index (χ1n) is 3.36. The molecule has 0 bridgehead atoms. The zero-order valence-corrected chi connectivity index (χ0v) is 6.57. The number of hydrogen-bond acceptors (Lipinski definition) is 2. The van der Waals surface area contributed by atoms with Gasteiger partial charge in [0.2, 0.25) is 0 Å². The summed E-state index contributed by atoms with van der Waals surface area (Å²) in [4.78, 5) is 0. The third-order valence-electron chi connectivity index (χ3n) is 1.54. The van der Waals surface area contributed by atoms with Gasteiger partial charge in [0.05, 0.1) is 4.70 Å². The van der Waals surface area contributed by atoms with Gasteiger partial charge in [-0.2, -0.15) is 0 Å². The quantitative estimate of drug-likeness (QED) is 0.612. The van der Waals surface area contributed by atoms with E-state index >= 15 is 0 Å². The van der Waals surface area contributed by atoms with Gasteiger partial charge in [-0.15, -0.1) is 11.3 Å². The summed E-state index contributed by atoms with van der Waals surface area (Å²) in [6.07, 6.45) is 0.988. The number of aryl methyl sites for hydroxylation is 1. The van der Waals surface area contributed by atoms with Gasteiger partial charge in [0.25, 0.3) is 0 Å². The summed E-state index contributed by atoms with van der Waals surface area (Å²) < 4.78 is 6.73. The summed E-state index contributed by atoms with van der Waals surface area (Å²) in [7, 11) is 0. The molecule has 0 spiro atoms. The maximum atomic E-state index is 5.47. The minimum Gasteiger partial charge on any atom is -0.460 e. The van der Waals surface area contributed by atoms with Crippen molar-refractivity contribution in [1.82, 2.24) is 0 Å². The van der Waals surface area contributed by atoms with Crippen LogP contribution in [0.5, 0.6) is 0 Å². The fraction of sp³-hybridized carbons (Fsp3) is 0.250. The predicted octanol–water partition coefficient (Wildman–Crippen LogP) is 3.06. The van der Waals surface area contributed by atoms with Crippen molar-refractivity contribution in [3.05, 3.63) is 23.3 Å². The van der Waals surface area contributed by atoms with Crippen LogP contribution in [0.3, 0.4) is 0 Å². The second-order valence-electron chi connectivity index (χ2n) is 2.22. The van der Waals surface area contributed by atoms with Crippen molar-refractivity contribution in [2.45, 2.75) is 13.3 Å². The van der Waals surface area contributed by atoms with E-state index in [1.54, 1.807) is 11.3 Å². The van der Waals surface area contributed by atoms with Crippen LogP contribution in [-0.2, 0) is 6.42 Å². The van der Waals surface area contributed by atoms with Gasteiger partial charge < -0.3 is 4.42 Å². The highest BCUT2D eigenvalue weighted by molar-refractivity contribution is 7.17. The van der Waals surface area contributed by atoms with E-state index in [0.29, 0.717) is 0 Å². The molecule has 1 nitrogen and oxygen atoms in total. The van der Waals surface area contributed by atoms with E-state index in [0.717, 1.165) is 17.8 Å². The third kappa shape index (κ3) is 0.762. The van der Waals surface area contributed by atoms with Crippen LogP contribution >= 0.6 is 11.3 Å². The summed E-state index contributed by atoms with van der Waals surface area (Å²) in [5.74, 6) is 1.09. The third-order valence-corrected chi connectivity index (χ3v) is 2.38. The summed E-state index contributed by atoms with van der Waals surface area (Å²) >= 11 is 1.73. The molecule has 0 N–H and O–H groups in total. The highest BCUT2D eigenvalue weighted by Gasteiger charge is 2.00. The van der Waals surface area contributed by atoms with Crippen LogP contribution in [0.25, 0.3) is 10.3 Å². The van der Waals surface area contributed by atoms with Crippen LogP contribution in [0.2, 0.25) is 0 Å². The van der Waals surface area contributed by atoms with Gasteiger partial charge in [0.1, 0.15) is 11.3 Å². The lowest BCUT2D eigenvalue weighted by Gasteiger charge is -1.81. The van der Waals surface area contributed by atoms with Crippen molar-refractivity contribution in [1.29, 1.82) is 0 Å². The van der Waals surface area contributed by atoms with E-state index in [1.807, 2.05) is 11.4 Å². The van der Waals surface area contributed by atoms with Gasteiger partial charge in [-0.1, -0.05) is 6.92 Å². The topological polar surface area (TPSA) is 13.1 Å². The number of hydrogen-bond donors (Lipinski definition) is 0. The molecule has 52 valence electrons. The number of fused-ring (bicyclic) bond motifs is 1. The molecule has 0 atom stereocenters. The molecule has 0 aromatic carbocycles. The van der Waals surface area contributed by atoms with E-state index in [9.17, 15) is 0 Å². The first kappa shape index (κ1) is 5.98. The largest absolute Gasteiger partial charge is 0.460 e. The van der Waals surface area contributed by atoms with Crippen molar-refractivity contribution in [2.24, 2.45) is 0 Å². The van der Waals surface area contributed by atoms with Gasteiger partial charge >= 0.3 is 0 Å². The SMILES string of the molecule is CCc1cc2sccc2o1. The molecule has 2 rings (SSSR count). The normalized spacial score (nSPS) is 10.9. The Kier molecular flexibility index (Phi) is 1.27. The second kappa shape index (κ2) is 2.13. The molecule has 2 aromatic rings. The molecule has 2 heterocycles. The van der Waals surface area contributed by atoms with Crippen molar-refractivity contribution < 1.29 is 4.42 Å². The molecular weight excluding hydrogens is 144 g/mol. The molecule has 0 amide bonds.